The number of nitrogens with zero attached hydrogens (tertiary/aromatic N) is 3. The first-order chi connectivity index (χ1) is 16.4. The second-order valence-electron chi connectivity index (χ2n) is 10.3. The minimum atomic E-state index is -0.347. The molecule has 5 rings (SSSR count). The van der Waals surface area contributed by atoms with E-state index in [2.05, 4.69) is 28.7 Å². The maximum Gasteiger partial charge on any atom is 0.169 e. The molecule has 3 aromatic rings. The van der Waals surface area contributed by atoms with Crippen LogP contribution in [0.3, 0.4) is 0 Å². The number of aromatic nitrogens is 2. The van der Waals surface area contributed by atoms with Gasteiger partial charge >= 0.3 is 0 Å². The van der Waals surface area contributed by atoms with Gasteiger partial charge in [0.25, 0.3) is 0 Å². The fourth-order valence-corrected chi connectivity index (χ4v) is 6.04. The summed E-state index contributed by atoms with van der Waals surface area (Å²) in [5.41, 5.74) is 10.2. The number of pyridine rings is 2. The Kier molecular flexibility index (Phi) is 6.34. The highest BCUT2D eigenvalue weighted by Crippen LogP contribution is 2.37. The van der Waals surface area contributed by atoms with E-state index in [4.69, 9.17) is 5.73 Å². The highest BCUT2D eigenvalue weighted by atomic mass is 19.1. The summed E-state index contributed by atoms with van der Waals surface area (Å²) in [6.07, 6.45) is 10.9. The number of fused-ring (bicyclic) bond motifs is 1. The predicted molar refractivity (Wildman–Crippen MR) is 134 cm³/mol. The van der Waals surface area contributed by atoms with Crippen LogP contribution < -0.4 is 10.6 Å². The van der Waals surface area contributed by atoms with Crippen LogP contribution in [0.25, 0.3) is 10.9 Å². The van der Waals surface area contributed by atoms with E-state index in [1.54, 1.807) is 24.7 Å². The third-order valence-corrected chi connectivity index (χ3v) is 7.68. The Bertz CT molecular complexity index is 1200. The number of nitrogens with two attached hydrogens (primary N) is 1. The second-order valence-corrected chi connectivity index (χ2v) is 10.3. The second kappa shape index (κ2) is 9.41. The molecule has 1 saturated carbocycles. The number of halogens is 1. The van der Waals surface area contributed by atoms with E-state index in [-0.39, 0.29) is 24.1 Å². The van der Waals surface area contributed by atoms with Gasteiger partial charge in [0.1, 0.15) is 5.82 Å². The fourth-order valence-electron chi connectivity index (χ4n) is 6.04. The minimum Gasteiger partial charge on any atom is -0.368 e. The standard InChI is InChI=1S/C28H33FN4O/c1-17-10-19(12-21(30)11-17)23-7-8-31-15-20(23)13-27(34)24-5-6-26(29)25-14-22(16-32-28(24)25)33-9-3-4-18(33)2/h5-8,14-19,21H,3-4,9-13,30H2,1-2H3/t17-,18+,19+,21-/m0/s1. The topological polar surface area (TPSA) is 72.1 Å². The minimum absolute atomic E-state index is 0.0674. The summed E-state index contributed by atoms with van der Waals surface area (Å²) in [5, 5.41) is 0.404. The van der Waals surface area contributed by atoms with Crippen LogP contribution in [0.5, 0.6) is 0 Å². The molecule has 0 bridgehead atoms. The average molecular weight is 461 g/mol. The van der Waals surface area contributed by atoms with Crippen LogP contribution in [-0.4, -0.2) is 34.4 Å². The molecule has 2 aliphatic rings. The van der Waals surface area contributed by atoms with Crippen molar-refractivity contribution in [3.05, 3.63) is 65.4 Å². The molecule has 3 heterocycles. The van der Waals surface area contributed by atoms with Gasteiger partial charge in [-0.25, -0.2) is 4.39 Å². The zero-order valence-corrected chi connectivity index (χ0v) is 20.0. The lowest BCUT2D eigenvalue weighted by molar-refractivity contribution is 0.0994. The van der Waals surface area contributed by atoms with Gasteiger partial charge < -0.3 is 10.6 Å². The molecule has 1 saturated heterocycles. The predicted octanol–water partition coefficient (Wildman–Crippen LogP) is 5.41. The van der Waals surface area contributed by atoms with E-state index in [1.807, 2.05) is 12.1 Å². The van der Waals surface area contributed by atoms with Crippen LogP contribution in [0.2, 0.25) is 0 Å². The van der Waals surface area contributed by atoms with E-state index in [0.717, 1.165) is 55.5 Å². The summed E-state index contributed by atoms with van der Waals surface area (Å²) < 4.78 is 14.8. The molecule has 0 spiro atoms. The molecule has 2 N–H and O–H groups in total. The number of ketones is 1. The van der Waals surface area contributed by atoms with E-state index < -0.39 is 0 Å². The number of Topliss-reactive ketones (excluding diaryl/α,β-unsaturated/α-hetero) is 1. The third kappa shape index (κ3) is 4.43. The molecule has 4 atom stereocenters. The van der Waals surface area contributed by atoms with Gasteiger partial charge in [-0.15, -0.1) is 0 Å². The zero-order chi connectivity index (χ0) is 23.8. The first-order valence-electron chi connectivity index (χ1n) is 12.5. The molecular formula is C28H33FN4O. The molecule has 0 amide bonds. The number of rotatable bonds is 5. The van der Waals surface area contributed by atoms with Crippen molar-refractivity contribution in [1.82, 2.24) is 9.97 Å². The molecule has 34 heavy (non-hydrogen) atoms. The maximum absolute atomic E-state index is 14.8. The number of carbonyl (C=O) groups excluding carboxylic acids is 1. The van der Waals surface area contributed by atoms with Crippen molar-refractivity contribution in [2.75, 3.05) is 11.4 Å². The summed E-state index contributed by atoms with van der Waals surface area (Å²) >= 11 is 0. The Morgan fingerprint density at radius 3 is 2.79 bits per heavy atom. The normalized spacial score (nSPS) is 25.1. The molecule has 0 unspecified atom stereocenters. The lowest BCUT2D eigenvalue weighted by Crippen LogP contribution is -2.31. The van der Waals surface area contributed by atoms with Gasteiger partial charge in [0.2, 0.25) is 0 Å². The van der Waals surface area contributed by atoms with Crippen LogP contribution >= 0.6 is 0 Å². The Morgan fingerprint density at radius 2 is 2.03 bits per heavy atom. The first kappa shape index (κ1) is 22.9. The van der Waals surface area contributed by atoms with Crippen molar-refractivity contribution < 1.29 is 9.18 Å². The number of hydrogen-bond acceptors (Lipinski definition) is 5. The number of anilines is 1. The Labute approximate surface area is 200 Å². The quantitative estimate of drug-likeness (QED) is 0.515. The smallest absolute Gasteiger partial charge is 0.169 e. The SMILES string of the molecule is C[C@@H]1C[C@H](N)C[C@H](c2ccncc2CC(=O)c2ccc(F)c3cc(N4CCC[C@H]4C)cnc23)C1. The lowest BCUT2D eigenvalue weighted by atomic mass is 9.75. The highest BCUT2D eigenvalue weighted by molar-refractivity contribution is 6.08. The fraction of sp³-hybridized carbons (Fsp3) is 0.464. The molecule has 5 nitrogen and oxygen atoms in total. The van der Waals surface area contributed by atoms with Gasteiger partial charge in [0.15, 0.2) is 5.78 Å². The van der Waals surface area contributed by atoms with Gasteiger partial charge in [-0.05, 0) is 86.3 Å². The summed E-state index contributed by atoms with van der Waals surface area (Å²) in [7, 11) is 0. The summed E-state index contributed by atoms with van der Waals surface area (Å²) in [5.74, 6) is 0.475. The van der Waals surface area contributed by atoms with E-state index in [9.17, 15) is 9.18 Å². The average Bonchev–Trinajstić information content (AvgIpc) is 3.24. The van der Waals surface area contributed by atoms with Crippen molar-refractivity contribution in [3.8, 4) is 0 Å². The van der Waals surface area contributed by atoms with Crippen molar-refractivity contribution >= 4 is 22.4 Å². The Balaban J connectivity index is 1.45. The van der Waals surface area contributed by atoms with Crippen molar-refractivity contribution in [2.24, 2.45) is 11.7 Å². The summed E-state index contributed by atoms with van der Waals surface area (Å²) in [6.45, 7) is 5.37. The summed E-state index contributed by atoms with van der Waals surface area (Å²) in [6, 6.07) is 7.43. The monoisotopic (exact) mass is 460 g/mol. The van der Waals surface area contributed by atoms with Gasteiger partial charge in [-0.1, -0.05) is 6.92 Å². The molecule has 178 valence electrons. The molecule has 0 radical (unpaired) electrons. The molecule has 1 aliphatic heterocycles. The van der Waals surface area contributed by atoms with Crippen molar-refractivity contribution in [1.29, 1.82) is 0 Å². The maximum atomic E-state index is 14.8. The van der Waals surface area contributed by atoms with Gasteiger partial charge in [-0.3, -0.25) is 14.8 Å². The Hall–Kier alpha value is -2.86. The molecular weight excluding hydrogens is 427 g/mol. The molecule has 2 aromatic heterocycles. The van der Waals surface area contributed by atoms with Crippen LogP contribution in [0.4, 0.5) is 10.1 Å². The highest BCUT2D eigenvalue weighted by Gasteiger charge is 2.28. The third-order valence-electron chi connectivity index (χ3n) is 7.68. The van der Waals surface area contributed by atoms with E-state index >= 15 is 0 Å². The number of benzene rings is 1. The van der Waals surface area contributed by atoms with Gasteiger partial charge in [0, 0.05) is 48.4 Å². The lowest BCUT2D eigenvalue weighted by Gasteiger charge is -2.32. The van der Waals surface area contributed by atoms with E-state index in [0.29, 0.717) is 34.3 Å². The van der Waals surface area contributed by atoms with Gasteiger partial charge in [-0.2, -0.15) is 0 Å². The first-order valence-corrected chi connectivity index (χ1v) is 12.5. The zero-order valence-electron chi connectivity index (χ0n) is 20.0. The summed E-state index contributed by atoms with van der Waals surface area (Å²) in [4.78, 5) is 24.6. The van der Waals surface area contributed by atoms with Crippen LogP contribution in [0, 0.1) is 11.7 Å². The molecule has 1 aromatic carbocycles. The number of carbonyl (C=O) groups is 1. The molecule has 2 fully saturated rings. The number of hydrogen-bond donors (Lipinski definition) is 1. The van der Waals surface area contributed by atoms with Crippen LogP contribution in [-0.2, 0) is 6.42 Å². The van der Waals surface area contributed by atoms with Gasteiger partial charge in [0.05, 0.1) is 17.4 Å². The van der Waals surface area contributed by atoms with Crippen molar-refractivity contribution in [3.63, 3.8) is 0 Å². The molecule has 6 heteroatoms. The van der Waals surface area contributed by atoms with Crippen LogP contribution in [0.15, 0.2) is 42.9 Å². The molecule has 1 aliphatic carbocycles. The Morgan fingerprint density at radius 1 is 1.18 bits per heavy atom. The largest absolute Gasteiger partial charge is 0.368 e. The van der Waals surface area contributed by atoms with E-state index in [1.165, 1.54) is 6.07 Å². The van der Waals surface area contributed by atoms with Crippen LogP contribution in [0.1, 0.15) is 73.4 Å². The van der Waals surface area contributed by atoms with Crippen molar-refractivity contribution in [2.45, 2.75) is 70.4 Å².